The number of ether oxygens (including phenoxy) is 1. The topological polar surface area (TPSA) is 58.6 Å². The molecule has 6 nitrogen and oxygen atoms in total. The summed E-state index contributed by atoms with van der Waals surface area (Å²) in [6.07, 6.45) is 10.6. The van der Waals surface area contributed by atoms with Crippen molar-refractivity contribution in [2.24, 2.45) is 0 Å². The number of methoxy groups -OCH3 is 1. The molecule has 1 saturated carbocycles. The zero-order valence-electron chi connectivity index (χ0n) is 20.8. The van der Waals surface area contributed by atoms with Gasteiger partial charge in [-0.1, -0.05) is 44.7 Å². The fourth-order valence-corrected chi connectivity index (χ4v) is 6.49. The van der Waals surface area contributed by atoms with Gasteiger partial charge in [0.15, 0.2) is 5.54 Å². The highest BCUT2D eigenvalue weighted by Gasteiger charge is 2.64. The standard InChI is InChI=1S/C27H41N3O3/c1-4-5-19-30(2)25(31)24(20-21-11-13-23(33-3)14-12-21)28-26(32)27(30)15-17-29(18-16-27)22-9-7-6-8-10-22/h11-14,22,24H,4-10,15-20H2,1-3H3/p+1/t24-,30?/m0/s1. The van der Waals surface area contributed by atoms with E-state index in [9.17, 15) is 9.59 Å². The van der Waals surface area contributed by atoms with E-state index in [0.29, 0.717) is 12.5 Å². The molecule has 1 spiro atoms. The first kappa shape index (κ1) is 24.2. The van der Waals surface area contributed by atoms with Crippen molar-refractivity contribution in [3.8, 4) is 5.75 Å². The molecule has 1 aromatic carbocycles. The Labute approximate surface area is 199 Å². The molecule has 182 valence electrons. The second-order valence-electron chi connectivity index (χ2n) is 10.5. The lowest BCUT2D eigenvalue weighted by Crippen LogP contribution is -2.81. The molecule has 2 heterocycles. The number of hydrogen-bond donors (Lipinski definition) is 1. The van der Waals surface area contributed by atoms with Gasteiger partial charge >= 0.3 is 5.91 Å². The largest absolute Gasteiger partial charge is 0.497 e. The molecule has 6 heteroatoms. The lowest BCUT2D eigenvalue weighted by atomic mass is 9.77. The van der Waals surface area contributed by atoms with Gasteiger partial charge in [-0.15, -0.1) is 0 Å². The quantitative estimate of drug-likeness (QED) is 0.636. The van der Waals surface area contributed by atoms with Crippen LogP contribution < -0.4 is 10.1 Å². The number of nitrogens with zero attached hydrogens (tertiary/aromatic N) is 2. The number of nitrogens with one attached hydrogen (secondary N) is 1. The van der Waals surface area contributed by atoms with E-state index in [1.807, 2.05) is 31.3 Å². The zero-order valence-corrected chi connectivity index (χ0v) is 20.8. The summed E-state index contributed by atoms with van der Waals surface area (Å²) in [5.74, 6) is 1.05. The van der Waals surface area contributed by atoms with Crippen molar-refractivity contribution in [1.29, 1.82) is 0 Å². The average molecular weight is 457 g/mol. The molecule has 1 aromatic rings. The molecule has 3 fully saturated rings. The number of carbonyl (C=O) groups excluding carboxylic acids is 2. The summed E-state index contributed by atoms with van der Waals surface area (Å²) in [5, 5.41) is 3.18. The first-order valence-electron chi connectivity index (χ1n) is 13.0. The van der Waals surface area contributed by atoms with Crippen LogP contribution in [0.3, 0.4) is 0 Å². The third-order valence-electron chi connectivity index (χ3n) is 8.73. The van der Waals surface area contributed by atoms with E-state index in [1.165, 1.54) is 32.1 Å². The van der Waals surface area contributed by atoms with Crippen molar-refractivity contribution in [2.75, 3.05) is 33.8 Å². The molecule has 1 aliphatic carbocycles. The SMILES string of the molecule is CCCC[N+]1(C)C(=O)[C@H](Cc2ccc(OC)cc2)NC(=O)C12CCN(C1CCCCC1)CC2. The van der Waals surface area contributed by atoms with Gasteiger partial charge in [-0.3, -0.25) is 9.69 Å². The molecular formula is C27H42N3O3+. The predicted molar refractivity (Wildman–Crippen MR) is 130 cm³/mol. The fourth-order valence-electron chi connectivity index (χ4n) is 6.49. The average Bonchev–Trinajstić information content (AvgIpc) is 2.86. The van der Waals surface area contributed by atoms with E-state index < -0.39 is 11.6 Å². The van der Waals surface area contributed by atoms with Crippen LogP contribution in [0.5, 0.6) is 5.75 Å². The summed E-state index contributed by atoms with van der Waals surface area (Å²) < 4.78 is 5.51. The van der Waals surface area contributed by atoms with Crippen LogP contribution in [0.4, 0.5) is 0 Å². The van der Waals surface area contributed by atoms with E-state index in [1.54, 1.807) is 7.11 Å². The molecule has 1 unspecified atom stereocenters. The van der Waals surface area contributed by atoms with Crippen LogP contribution in [0.2, 0.25) is 0 Å². The third-order valence-corrected chi connectivity index (χ3v) is 8.73. The molecular weight excluding hydrogens is 414 g/mol. The predicted octanol–water partition coefficient (Wildman–Crippen LogP) is 3.68. The Kier molecular flexibility index (Phi) is 7.44. The van der Waals surface area contributed by atoms with Crippen molar-refractivity contribution in [2.45, 2.75) is 88.8 Å². The summed E-state index contributed by atoms with van der Waals surface area (Å²) in [4.78, 5) is 30.4. The van der Waals surface area contributed by atoms with Gasteiger partial charge < -0.3 is 10.1 Å². The van der Waals surface area contributed by atoms with Crippen molar-refractivity contribution in [1.82, 2.24) is 10.2 Å². The second-order valence-corrected chi connectivity index (χ2v) is 10.5. The first-order chi connectivity index (χ1) is 15.9. The van der Waals surface area contributed by atoms with Gasteiger partial charge in [-0.25, -0.2) is 9.28 Å². The van der Waals surface area contributed by atoms with Gasteiger partial charge in [0.2, 0.25) is 0 Å². The van der Waals surface area contributed by atoms with Crippen molar-refractivity contribution in [3.63, 3.8) is 0 Å². The van der Waals surface area contributed by atoms with Gasteiger partial charge in [-0.05, 0) is 37.0 Å². The Hall–Kier alpha value is -1.92. The van der Waals surface area contributed by atoms with Crippen LogP contribution in [-0.4, -0.2) is 72.6 Å². The molecule has 0 bridgehead atoms. The highest BCUT2D eigenvalue weighted by molar-refractivity contribution is 5.95. The molecule has 2 amide bonds. The minimum atomic E-state index is -0.631. The second kappa shape index (κ2) is 10.1. The van der Waals surface area contributed by atoms with Crippen LogP contribution in [0.1, 0.15) is 70.3 Å². The number of amides is 2. The van der Waals surface area contributed by atoms with E-state index in [0.717, 1.165) is 56.6 Å². The summed E-state index contributed by atoms with van der Waals surface area (Å²) in [6, 6.07) is 7.99. The summed E-state index contributed by atoms with van der Waals surface area (Å²) >= 11 is 0. The number of piperazine rings is 1. The van der Waals surface area contributed by atoms with E-state index in [4.69, 9.17) is 4.74 Å². The minimum absolute atomic E-state index is 0.0857. The van der Waals surface area contributed by atoms with Crippen molar-refractivity contribution in [3.05, 3.63) is 29.8 Å². The Morgan fingerprint density at radius 3 is 2.36 bits per heavy atom. The number of piperidine rings is 1. The van der Waals surface area contributed by atoms with Crippen LogP contribution in [0.15, 0.2) is 24.3 Å². The van der Waals surface area contributed by atoms with E-state index in [2.05, 4.69) is 17.1 Å². The summed E-state index contributed by atoms with van der Waals surface area (Å²) in [5.41, 5.74) is 0.410. The molecule has 2 atom stereocenters. The number of benzene rings is 1. The molecule has 3 aliphatic rings. The van der Waals surface area contributed by atoms with Crippen LogP contribution in [-0.2, 0) is 16.0 Å². The molecule has 1 N–H and O–H groups in total. The Balaban J connectivity index is 1.54. The molecule has 0 radical (unpaired) electrons. The smallest absolute Gasteiger partial charge is 0.337 e. The Bertz CT molecular complexity index is 826. The summed E-state index contributed by atoms with van der Waals surface area (Å²) in [7, 11) is 3.70. The van der Waals surface area contributed by atoms with Gasteiger partial charge in [-0.2, -0.15) is 0 Å². The van der Waals surface area contributed by atoms with Crippen LogP contribution in [0.25, 0.3) is 0 Å². The highest BCUT2D eigenvalue weighted by atomic mass is 16.5. The number of rotatable bonds is 7. The number of hydrogen-bond acceptors (Lipinski definition) is 4. The van der Waals surface area contributed by atoms with Gasteiger partial charge in [0.25, 0.3) is 5.91 Å². The Morgan fingerprint density at radius 1 is 1.09 bits per heavy atom. The van der Waals surface area contributed by atoms with Gasteiger partial charge in [0.05, 0.1) is 20.7 Å². The van der Waals surface area contributed by atoms with Crippen LogP contribution in [0, 0.1) is 0 Å². The normalized spacial score (nSPS) is 28.6. The first-order valence-corrected chi connectivity index (χ1v) is 13.0. The number of likely N-dealkylation sites (tertiary alicyclic amines) is 1. The Morgan fingerprint density at radius 2 is 1.76 bits per heavy atom. The van der Waals surface area contributed by atoms with Crippen LogP contribution >= 0.6 is 0 Å². The maximum Gasteiger partial charge on any atom is 0.337 e. The number of quaternary nitrogens is 1. The summed E-state index contributed by atoms with van der Waals surface area (Å²) in [6.45, 7) is 4.75. The van der Waals surface area contributed by atoms with E-state index in [-0.39, 0.29) is 16.3 Å². The molecule has 4 rings (SSSR count). The fraction of sp³-hybridized carbons (Fsp3) is 0.704. The lowest BCUT2D eigenvalue weighted by Gasteiger charge is -2.55. The number of likely N-dealkylation sites (N-methyl/N-ethyl adjacent to an activating group) is 1. The number of carbonyl (C=O) groups is 2. The monoisotopic (exact) mass is 456 g/mol. The number of unbranched alkanes of at least 4 members (excludes halogenated alkanes) is 1. The molecule has 2 saturated heterocycles. The van der Waals surface area contributed by atoms with Crippen molar-refractivity contribution < 1.29 is 18.8 Å². The van der Waals surface area contributed by atoms with Crippen molar-refractivity contribution >= 4 is 11.8 Å². The molecule has 33 heavy (non-hydrogen) atoms. The molecule has 2 aliphatic heterocycles. The zero-order chi connectivity index (χ0) is 23.5. The highest BCUT2D eigenvalue weighted by Crippen LogP contribution is 2.40. The van der Waals surface area contributed by atoms with Gasteiger partial charge in [0.1, 0.15) is 11.8 Å². The maximum atomic E-state index is 14.0. The minimum Gasteiger partial charge on any atom is -0.497 e. The van der Waals surface area contributed by atoms with Gasteiger partial charge in [0, 0.05) is 38.4 Å². The molecule has 0 aromatic heterocycles. The third kappa shape index (κ3) is 4.57. The maximum absolute atomic E-state index is 14.0. The van der Waals surface area contributed by atoms with E-state index >= 15 is 0 Å². The lowest BCUT2D eigenvalue weighted by molar-refractivity contribution is -0.883.